The molecule has 0 amide bonds. The standard InChI is InChI=1S/C29H46O3/c1-18-8-7-13-29(24(31)32)17-16-27(5)19(23(18)29)9-10-21-26(4)14-12-22(30)25(2,3)20(26)11-15-28(21,27)6/h9,18,20-23,30H,7-8,10-17H2,1-6H3,(H,31,32)/t18-,20?,21?,22-,23-,26-,27+,28+,29-/m0/s1. The summed E-state index contributed by atoms with van der Waals surface area (Å²) in [6, 6.07) is 0. The zero-order chi connectivity index (χ0) is 23.3. The third-order valence-electron chi connectivity index (χ3n) is 12.8. The number of allylic oxidation sites excluding steroid dienone is 2. The van der Waals surface area contributed by atoms with Crippen LogP contribution in [0.4, 0.5) is 0 Å². The van der Waals surface area contributed by atoms with Gasteiger partial charge in [-0.15, -0.1) is 0 Å². The molecule has 5 rings (SSSR count). The van der Waals surface area contributed by atoms with Crippen LogP contribution in [0.3, 0.4) is 0 Å². The molecule has 3 heteroatoms. The summed E-state index contributed by atoms with van der Waals surface area (Å²) in [5, 5.41) is 21.3. The van der Waals surface area contributed by atoms with Gasteiger partial charge < -0.3 is 10.2 Å². The number of carboxylic acids is 1. The summed E-state index contributed by atoms with van der Waals surface area (Å²) < 4.78 is 0. The Balaban J connectivity index is 1.60. The van der Waals surface area contributed by atoms with E-state index in [1.807, 2.05) is 0 Å². The van der Waals surface area contributed by atoms with Crippen LogP contribution in [0.15, 0.2) is 11.6 Å². The van der Waals surface area contributed by atoms with Gasteiger partial charge in [0.25, 0.3) is 0 Å². The minimum absolute atomic E-state index is 0.0257. The summed E-state index contributed by atoms with van der Waals surface area (Å²) >= 11 is 0. The molecule has 0 aromatic carbocycles. The zero-order valence-electron chi connectivity index (χ0n) is 21.3. The molecule has 5 aliphatic rings. The lowest BCUT2D eigenvalue weighted by atomic mass is 9.33. The first-order valence-corrected chi connectivity index (χ1v) is 13.5. The van der Waals surface area contributed by atoms with E-state index in [-0.39, 0.29) is 33.7 Å². The average Bonchev–Trinajstić information content (AvgIpc) is 2.71. The predicted molar refractivity (Wildman–Crippen MR) is 128 cm³/mol. The molecule has 0 aromatic heterocycles. The lowest BCUT2D eigenvalue weighted by Crippen LogP contribution is -2.65. The van der Waals surface area contributed by atoms with Crippen LogP contribution in [-0.2, 0) is 4.79 Å². The Hall–Kier alpha value is -0.830. The molecule has 0 heterocycles. The van der Waals surface area contributed by atoms with Gasteiger partial charge in [-0.05, 0) is 96.7 Å². The third kappa shape index (κ3) is 2.56. The van der Waals surface area contributed by atoms with E-state index in [1.54, 1.807) is 0 Å². The molecule has 180 valence electrons. The first-order valence-electron chi connectivity index (χ1n) is 13.5. The van der Waals surface area contributed by atoms with Gasteiger partial charge in [-0.1, -0.05) is 66.0 Å². The van der Waals surface area contributed by atoms with Gasteiger partial charge in [0.05, 0.1) is 11.5 Å². The predicted octanol–water partition coefficient (Wildman–Crippen LogP) is 6.84. The molecule has 2 N–H and O–H groups in total. The monoisotopic (exact) mass is 442 g/mol. The highest BCUT2D eigenvalue weighted by molar-refractivity contribution is 5.76. The highest BCUT2D eigenvalue weighted by atomic mass is 16.4. The van der Waals surface area contributed by atoms with Gasteiger partial charge in [0.1, 0.15) is 0 Å². The molecule has 0 bridgehead atoms. The Kier molecular flexibility index (Phi) is 4.92. The first-order chi connectivity index (χ1) is 14.8. The fraction of sp³-hybridized carbons (Fsp3) is 0.897. The highest BCUT2D eigenvalue weighted by Crippen LogP contribution is 2.75. The van der Waals surface area contributed by atoms with Crippen molar-refractivity contribution in [2.45, 2.75) is 112 Å². The molecule has 2 unspecified atom stereocenters. The van der Waals surface area contributed by atoms with E-state index in [0.29, 0.717) is 17.8 Å². The Bertz CT molecular complexity index is 843. The Morgan fingerprint density at radius 2 is 1.66 bits per heavy atom. The van der Waals surface area contributed by atoms with Gasteiger partial charge in [-0.3, -0.25) is 4.79 Å². The van der Waals surface area contributed by atoms with Crippen LogP contribution in [0.5, 0.6) is 0 Å². The topological polar surface area (TPSA) is 57.5 Å². The molecule has 0 radical (unpaired) electrons. The van der Waals surface area contributed by atoms with Gasteiger partial charge in [0, 0.05) is 0 Å². The number of fused-ring (bicyclic) bond motifs is 7. The molecular formula is C29H46O3. The summed E-state index contributed by atoms with van der Waals surface area (Å²) in [5.74, 6) is 1.31. The van der Waals surface area contributed by atoms with Gasteiger partial charge in [-0.2, -0.15) is 0 Å². The summed E-state index contributed by atoms with van der Waals surface area (Å²) in [4.78, 5) is 12.7. The quantitative estimate of drug-likeness (QED) is 0.437. The van der Waals surface area contributed by atoms with Gasteiger partial charge >= 0.3 is 5.97 Å². The molecule has 0 saturated heterocycles. The molecule has 3 nitrogen and oxygen atoms in total. The molecular weight excluding hydrogens is 396 g/mol. The van der Waals surface area contributed by atoms with Crippen molar-refractivity contribution in [1.29, 1.82) is 0 Å². The maximum Gasteiger partial charge on any atom is 0.310 e. The van der Waals surface area contributed by atoms with Crippen molar-refractivity contribution >= 4 is 5.97 Å². The second-order valence-corrected chi connectivity index (χ2v) is 14.0. The number of rotatable bonds is 1. The highest BCUT2D eigenvalue weighted by Gasteiger charge is 2.69. The van der Waals surface area contributed by atoms with Crippen LogP contribution in [0, 0.1) is 50.7 Å². The second kappa shape index (κ2) is 6.86. The van der Waals surface area contributed by atoms with Crippen molar-refractivity contribution in [3.05, 3.63) is 11.6 Å². The van der Waals surface area contributed by atoms with Crippen LogP contribution >= 0.6 is 0 Å². The van der Waals surface area contributed by atoms with Crippen molar-refractivity contribution in [1.82, 2.24) is 0 Å². The lowest BCUT2D eigenvalue weighted by Gasteiger charge is -2.71. The molecule has 9 atom stereocenters. The fourth-order valence-electron chi connectivity index (χ4n) is 10.7. The number of aliphatic hydroxyl groups excluding tert-OH is 1. The van der Waals surface area contributed by atoms with Crippen molar-refractivity contribution in [2.75, 3.05) is 0 Å². The van der Waals surface area contributed by atoms with Crippen LogP contribution in [0.25, 0.3) is 0 Å². The largest absolute Gasteiger partial charge is 0.481 e. The maximum absolute atomic E-state index is 12.7. The number of carboxylic acid groups (broad SMARTS) is 1. The van der Waals surface area contributed by atoms with E-state index in [0.717, 1.165) is 44.9 Å². The van der Waals surface area contributed by atoms with E-state index >= 15 is 0 Å². The minimum Gasteiger partial charge on any atom is -0.481 e. The summed E-state index contributed by atoms with van der Waals surface area (Å²) in [6.45, 7) is 14.6. The van der Waals surface area contributed by atoms with E-state index < -0.39 is 11.4 Å². The molecule has 4 fully saturated rings. The molecule has 4 saturated carbocycles. The maximum atomic E-state index is 12.7. The molecule has 0 aromatic rings. The SMILES string of the molecule is C[C@H]1CCC[C@]2(C(=O)O)CC[C@]3(C)C(=CCC4[C@@]5(C)CC[C@H](O)C(C)(C)C5CC[C@]43C)[C@H]12. The molecule has 0 aliphatic heterocycles. The zero-order valence-corrected chi connectivity index (χ0v) is 21.3. The van der Waals surface area contributed by atoms with Crippen molar-refractivity contribution in [3.8, 4) is 0 Å². The fourth-order valence-corrected chi connectivity index (χ4v) is 10.7. The van der Waals surface area contributed by atoms with E-state index in [1.165, 1.54) is 24.8 Å². The number of hydrogen-bond acceptors (Lipinski definition) is 2. The number of aliphatic carboxylic acids is 1. The summed E-state index contributed by atoms with van der Waals surface area (Å²) in [7, 11) is 0. The van der Waals surface area contributed by atoms with Gasteiger partial charge in [-0.25, -0.2) is 0 Å². The minimum atomic E-state index is -0.539. The van der Waals surface area contributed by atoms with Gasteiger partial charge in [0.15, 0.2) is 0 Å². The van der Waals surface area contributed by atoms with Crippen LogP contribution in [-0.4, -0.2) is 22.3 Å². The number of hydrogen-bond donors (Lipinski definition) is 2. The molecule has 0 spiro atoms. The smallest absolute Gasteiger partial charge is 0.310 e. The van der Waals surface area contributed by atoms with Gasteiger partial charge in [0.2, 0.25) is 0 Å². The van der Waals surface area contributed by atoms with Crippen molar-refractivity contribution < 1.29 is 15.0 Å². The summed E-state index contributed by atoms with van der Waals surface area (Å²) in [5.41, 5.74) is 1.52. The Morgan fingerprint density at radius 1 is 0.938 bits per heavy atom. The van der Waals surface area contributed by atoms with Crippen molar-refractivity contribution in [3.63, 3.8) is 0 Å². The van der Waals surface area contributed by atoms with E-state index in [9.17, 15) is 15.0 Å². The van der Waals surface area contributed by atoms with Crippen molar-refractivity contribution in [2.24, 2.45) is 50.7 Å². The number of aliphatic hydroxyl groups is 1. The summed E-state index contributed by atoms with van der Waals surface area (Å²) in [6.07, 6.45) is 12.9. The van der Waals surface area contributed by atoms with Crippen LogP contribution in [0.1, 0.15) is 106 Å². The first kappa shape index (κ1) is 22.9. The normalized spacial score (nSPS) is 54.3. The second-order valence-electron chi connectivity index (χ2n) is 14.0. The van der Waals surface area contributed by atoms with Crippen LogP contribution in [0.2, 0.25) is 0 Å². The third-order valence-corrected chi connectivity index (χ3v) is 12.8. The van der Waals surface area contributed by atoms with E-state index in [4.69, 9.17) is 0 Å². The van der Waals surface area contributed by atoms with E-state index in [2.05, 4.69) is 47.6 Å². The average molecular weight is 443 g/mol. The van der Waals surface area contributed by atoms with Crippen LogP contribution < -0.4 is 0 Å². The Morgan fingerprint density at radius 3 is 2.34 bits per heavy atom. The Labute approximate surface area is 195 Å². The number of carbonyl (C=O) groups is 1. The molecule has 5 aliphatic carbocycles. The molecule has 32 heavy (non-hydrogen) atoms. The lowest BCUT2D eigenvalue weighted by molar-refractivity contribution is -0.205.